The van der Waals surface area contributed by atoms with Crippen molar-refractivity contribution in [3.8, 4) is 0 Å². The van der Waals surface area contributed by atoms with Crippen LogP contribution in [0.1, 0.15) is 89.9 Å². The second-order valence-electron chi connectivity index (χ2n) is 10.9. The van der Waals surface area contributed by atoms with Gasteiger partial charge >= 0.3 is 27.6 Å². The van der Waals surface area contributed by atoms with E-state index in [0.29, 0.717) is 12.8 Å². The van der Waals surface area contributed by atoms with Crippen molar-refractivity contribution in [2.24, 2.45) is 0 Å². The monoisotopic (exact) mass is 692 g/mol. The van der Waals surface area contributed by atoms with Gasteiger partial charge in [0.1, 0.15) is 43.2 Å². The molecule has 0 radical (unpaired) electrons. The van der Waals surface area contributed by atoms with Crippen molar-refractivity contribution < 1.29 is 76.9 Å². The average molecular weight is 693 g/mol. The van der Waals surface area contributed by atoms with Crippen LogP contribution >= 0.6 is 15.6 Å². The van der Waals surface area contributed by atoms with Crippen molar-refractivity contribution in [3.05, 3.63) is 13.8 Å². The number of carbonyl (C=O) groups is 2. The van der Waals surface area contributed by atoms with E-state index in [0.717, 1.165) is 64.2 Å². The number of aliphatic hydroxyl groups is 4. The van der Waals surface area contributed by atoms with Crippen LogP contribution in [0.25, 0.3) is 0 Å². The first-order valence-electron chi connectivity index (χ1n) is 15.2. The zero-order chi connectivity index (χ0) is 34.0. The van der Waals surface area contributed by atoms with Gasteiger partial charge in [-0.3, -0.25) is 23.2 Å². The summed E-state index contributed by atoms with van der Waals surface area (Å²) in [6.07, 6.45) is -4.57. The van der Waals surface area contributed by atoms with Gasteiger partial charge in [0.05, 0.1) is 6.61 Å². The smallest absolute Gasteiger partial charge is 0.462 e. The zero-order valence-corrected chi connectivity index (χ0v) is 27.3. The number of phosphoric acid groups is 2. The first-order chi connectivity index (χ1) is 21.1. The summed E-state index contributed by atoms with van der Waals surface area (Å²) in [5, 5.41) is 40.6. The molecule has 0 aromatic rings. The average Bonchev–Trinajstić information content (AvgIpc) is 2.97. The normalized spacial score (nSPS) is 25.8. The third-order valence-electron chi connectivity index (χ3n) is 6.97. The molecule has 266 valence electrons. The lowest BCUT2D eigenvalue weighted by Gasteiger charge is -2.43. The Morgan fingerprint density at radius 1 is 0.622 bits per heavy atom. The lowest BCUT2D eigenvalue weighted by atomic mass is 9.85. The molecule has 18 heteroatoms. The summed E-state index contributed by atoms with van der Waals surface area (Å²) in [7, 11) is -10.6. The Bertz CT molecular complexity index is 946. The Kier molecular flexibility index (Phi) is 20.3. The summed E-state index contributed by atoms with van der Waals surface area (Å²) in [6.45, 7) is 6.19. The highest BCUT2D eigenvalue weighted by atomic mass is 31.2. The fourth-order valence-corrected chi connectivity index (χ4v) is 6.06. The fraction of sp³-hybridized carbons (Fsp3) is 0.852. The van der Waals surface area contributed by atoms with Crippen LogP contribution in [-0.2, 0) is 41.8 Å². The van der Waals surface area contributed by atoms with E-state index in [1.165, 1.54) is 0 Å². The van der Waals surface area contributed by atoms with E-state index in [1.807, 2.05) is 0 Å². The van der Waals surface area contributed by atoms with Gasteiger partial charge < -0.3 is 58.4 Å². The van der Waals surface area contributed by atoms with Crippen molar-refractivity contribution in [2.75, 3.05) is 13.2 Å². The minimum atomic E-state index is -5.34. The summed E-state index contributed by atoms with van der Waals surface area (Å²) in [6, 6.07) is 0. The molecular formula is C27H50O16P2-2. The maximum Gasteiger partial charge on any atom is 0.472 e. The highest BCUT2D eigenvalue weighted by Crippen LogP contribution is 2.49. The van der Waals surface area contributed by atoms with Gasteiger partial charge in [-0.05, 0) is 12.8 Å². The van der Waals surface area contributed by atoms with Gasteiger partial charge in [-0.2, -0.15) is 12.8 Å². The van der Waals surface area contributed by atoms with Crippen molar-refractivity contribution in [1.29, 1.82) is 0 Å². The molecule has 1 aliphatic rings. The molecule has 0 amide bonds. The highest BCUT2D eigenvalue weighted by molar-refractivity contribution is 7.47. The molecule has 1 unspecified atom stereocenters. The van der Waals surface area contributed by atoms with Crippen LogP contribution in [0, 0.1) is 13.8 Å². The topological polar surface area (TPSA) is 256 Å². The van der Waals surface area contributed by atoms with Gasteiger partial charge in [-0.1, -0.05) is 51.4 Å². The lowest BCUT2D eigenvalue weighted by molar-refractivity contribution is -0.216. The molecular weight excluding hydrogens is 642 g/mol. The molecule has 0 bridgehead atoms. The number of unbranched alkanes of at least 4 members (excludes halogenated alkanes) is 10. The Morgan fingerprint density at radius 2 is 1.09 bits per heavy atom. The molecule has 45 heavy (non-hydrogen) atoms. The lowest BCUT2D eigenvalue weighted by Crippen LogP contribution is -2.64. The van der Waals surface area contributed by atoms with Crippen LogP contribution in [0.5, 0.6) is 0 Å². The third kappa shape index (κ3) is 17.6. The number of phosphoric ester groups is 2. The molecule has 0 aliphatic heterocycles. The molecule has 1 saturated carbocycles. The number of hydrogen-bond donors (Lipinski definition) is 7. The number of rotatable bonds is 24. The fourth-order valence-electron chi connectivity index (χ4n) is 4.52. The van der Waals surface area contributed by atoms with Gasteiger partial charge in [0.25, 0.3) is 0 Å². The van der Waals surface area contributed by atoms with Crippen molar-refractivity contribution in [1.82, 2.24) is 0 Å². The molecule has 1 fully saturated rings. The van der Waals surface area contributed by atoms with Crippen LogP contribution in [0.15, 0.2) is 0 Å². The maximum absolute atomic E-state index is 12.7. The summed E-state index contributed by atoms with van der Waals surface area (Å²) < 4.78 is 48.4. The number of ether oxygens (including phenoxy) is 2. The summed E-state index contributed by atoms with van der Waals surface area (Å²) in [5.41, 5.74) is 0. The Balaban J connectivity index is 2.81. The Hall–Kier alpha value is -1.00. The number of carbonyl (C=O) groups excluding carboxylic acids is 2. The predicted molar refractivity (Wildman–Crippen MR) is 158 cm³/mol. The van der Waals surface area contributed by atoms with E-state index in [-0.39, 0.29) is 12.8 Å². The van der Waals surface area contributed by atoms with Crippen molar-refractivity contribution >= 4 is 27.6 Å². The van der Waals surface area contributed by atoms with E-state index in [4.69, 9.17) is 28.3 Å². The van der Waals surface area contributed by atoms with Crippen LogP contribution in [0.2, 0.25) is 0 Å². The van der Waals surface area contributed by atoms with E-state index < -0.39 is 83.5 Å². The van der Waals surface area contributed by atoms with Gasteiger partial charge in [0, 0.05) is 12.8 Å². The van der Waals surface area contributed by atoms with Crippen LogP contribution in [0.4, 0.5) is 0 Å². The molecule has 0 aromatic carbocycles. The Labute approximate surface area is 264 Å². The first kappa shape index (κ1) is 42.0. The van der Waals surface area contributed by atoms with Crippen LogP contribution < -0.4 is 0 Å². The van der Waals surface area contributed by atoms with Gasteiger partial charge in [-0.25, -0.2) is 9.13 Å². The van der Waals surface area contributed by atoms with Crippen molar-refractivity contribution in [3.63, 3.8) is 0 Å². The molecule has 0 aromatic heterocycles. The molecule has 7 N–H and O–H groups in total. The van der Waals surface area contributed by atoms with E-state index in [2.05, 4.69) is 18.4 Å². The predicted octanol–water partition coefficient (Wildman–Crippen LogP) is 2.01. The third-order valence-corrected chi connectivity index (χ3v) is 8.48. The quantitative estimate of drug-likeness (QED) is 0.0330. The summed E-state index contributed by atoms with van der Waals surface area (Å²) in [5.74, 6) is -1.26. The van der Waals surface area contributed by atoms with Crippen LogP contribution in [-0.4, -0.2) is 103 Å². The van der Waals surface area contributed by atoms with Crippen LogP contribution in [0.3, 0.4) is 0 Å². The molecule has 0 heterocycles. The van der Waals surface area contributed by atoms with Gasteiger partial charge in [-0.15, -0.1) is 0 Å². The molecule has 0 saturated heterocycles. The van der Waals surface area contributed by atoms with E-state index in [1.54, 1.807) is 0 Å². The zero-order valence-electron chi connectivity index (χ0n) is 25.5. The first-order valence-corrected chi connectivity index (χ1v) is 18.2. The Morgan fingerprint density at radius 3 is 1.60 bits per heavy atom. The van der Waals surface area contributed by atoms with Crippen molar-refractivity contribution in [2.45, 2.75) is 133 Å². The maximum atomic E-state index is 12.7. The van der Waals surface area contributed by atoms with Gasteiger partial charge in [0.2, 0.25) is 0 Å². The number of aliphatic hydroxyl groups excluding tert-OH is 4. The SMILES string of the molecule is [CH2-]CCCCCCCC(=O)OC[C@H](COP(=O)(O)O[C@@H]1[C@H](O)[C@H](OP(=O)(O)O)[C@@H](O)[C@H](O)[C@H]1O)OC(=O)CCCCCCC[CH2-]. The molecule has 1 rings (SSSR count). The molecule has 0 spiro atoms. The minimum Gasteiger partial charge on any atom is -0.462 e. The molecule has 1 aliphatic carbocycles. The van der Waals surface area contributed by atoms with E-state index in [9.17, 15) is 44.0 Å². The summed E-state index contributed by atoms with van der Waals surface area (Å²) in [4.78, 5) is 53.0. The molecule has 16 nitrogen and oxygen atoms in total. The second kappa shape index (κ2) is 21.8. The van der Waals surface area contributed by atoms with E-state index >= 15 is 0 Å². The largest absolute Gasteiger partial charge is 0.472 e. The molecule has 8 atom stereocenters. The number of hydrogen-bond acceptors (Lipinski definition) is 13. The van der Waals surface area contributed by atoms with Gasteiger partial charge in [0.15, 0.2) is 6.10 Å². The second-order valence-corrected chi connectivity index (χ2v) is 13.5. The minimum absolute atomic E-state index is 0.0248. The highest BCUT2D eigenvalue weighted by Gasteiger charge is 2.54. The standard InChI is InChI=1S/C27H50O16P2/c1-3-5-7-9-11-13-15-20(28)39-17-19(41-21(29)16-14-12-10-8-6-4-2)18-40-45(37,38)43-27-24(32)22(30)23(31)26(25(27)33)42-44(34,35)36/h19,22-27,30-33H,1-18H2,(H,37,38)(H2,34,35,36)/q-2/t19-,22+,23+,24-,25-,26-,27+/m1/s1. The summed E-state index contributed by atoms with van der Waals surface area (Å²) >= 11 is 0. The number of esters is 2.